The second-order valence-corrected chi connectivity index (χ2v) is 4.59. The van der Waals surface area contributed by atoms with Crippen LogP contribution in [0, 0.1) is 0 Å². The van der Waals surface area contributed by atoms with Gasteiger partial charge in [-0.25, -0.2) is 4.79 Å². The van der Waals surface area contributed by atoms with Crippen molar-refractivity contribution in [2.75, 3.05) is 18.6 Å². The summed E-state index contributed by atoms with van der Waals surface area (Å²) in [5, 5.41) is 2.93. The van der Waals surface area contributed by atoms with E-state index in [4.69, 9.17) is 4.74 Å². The second kappa shape index (κ2) is 7.33. The lowest BCUT2D eigenvalue weighted by molar-refractivity contribution is 0.246. The third kappa shape index (κ3) is 3.99. The van der Waals surface area contributed by atoms with Gasteiger partial charge in [0.15, 0.2) is 0 Å². The van der Waals surface area contributed by atoms with Crippen LogP contribution in [0.25, 0.3) is 0 Å². The quantitative estimate of drug-likeness (QED) is 0.914. The number of carbonyl (C=O) groups is 1. The van der Waals surface area contributed by atoms with E-state index >= 15 is 0 Å². The van der Waals surface area contributed by atoms with Gasteiger partial charge in [-0.15, -0.1) is 0 Å². The van der Waals surface area contributed by atoms with Gasteiger partial charge in [-0.05, 0) is 36.8 Å². The Morgan fingerprint density at radius 3 is 2.33 bits per heavy atom. The number of ether oxygens (including phenoxy) is 1. The first-order valence-electron chi connectivity index (χ1n) is 6.98. The highest BCUT2D eigenvalue weighted by atomic mass is 16.5. The van der Waals surface area contributed by atoms with E-state index in [9.17, 15) is 4.79 Å². The van der Waals surface area contributed by atoms with Crippen LogP contribution in [0.5, 0.6) is 5.75 Å². The standard InChI is InChI=1S/C17H20N2O2/c1-3-19(15-9-11-16(21-2)12-10-15)17(20)18-13-14-7-5-4-6-8-14/h4-12H,3,13H2,1-2H3,(H,18,20). The number of anilines is 1. The van der Waals surface area contributed by atoms with E-state index in [1.165, 1.54) is 0 Å². The Kier molecular flexibility index (Phi) is 5.21. The van der Waals surface area contributed by atoms with E-state index in [0.717, 1.165) is 17.0 Å². The van der Waals surface area contributed by atoms with Gasteiger partial charge in [-0.2, -0.15) is 0 Å². The molecule has 4 heteroatoms. The molecule has 0 unspecified atom stereocenters. The van der Waals surface area contributed by atoms with E-state index in [0.29, 0.717) is 13.1 Å². The van der Waals surface area contributed by atoms with Crippen LogP contribution in [0.4, 0.5) is 10.5 Å². The molecule has 0 fully saturated rings. The number of nitrogens with one attached hydrogen (secondary N) is 1. The molecule has 21 heavy (non-hydrogen) atoms. The molecule has 0 aliphatic heterocycles. The lowest BCUT2D eigenvalue weighted by Gasteiger charge is -2.21. The third-order valence-corrected chi connectivity index (χ3v) is 3.23. The van der Waals surface area contributed by atoms with Crippen molar-refractivity contribution in [1.82, 2.24) is 5.32 Å². The van der Waals surface area contributed by atoms with E-state index in [-0.39, 0.29) is 6.03 Å². The highest BCUT2D eigenvalue weighted by molar-refractivity contribution is 5.91. The Labute approximate surface area is 125 Å². The highest BCUT2D eigenvalue weighted by Gasteiger charge is 2.13. The smallest absolute Gasteiger partial charge is 0.322 e. The van der Waals surface area contributed by atoms with Crippen LogP contribution < -0.4 is 15.0 Å². The van der Waals surface area contributed by atoms with Crippen LogP contribution in [-0.2, 0) is 6.54 Å². The molecule has 0 aliphatic carbocycles. The van der Waals surface area contributed by atoms with Crippen molar-refractivity contribution in [3.63, 3.8) is 0 Å². The van der Waals surface area contributed by atoms with E-state index < -0.39 is 0 Å². The Morgan fingerprint density at radius 2 is 1.76 bits per heavy atom. The van der Waals surface area contributed by atoms with Gasteiger partial charge in [-0.3, -0.25) is 4.90 Å². The highest BCUT2D eigenvalue weighted by Crippen LogP contribution is 2.19. The van der Waals surface area contributed by atoms with Crippen molar-refractivity contribution in [1.29, 1.82) is 0 Å². The van der Waals surface area contributed by atoms with Crippen LogP contribution in [0.3, 0.4) is 0 Å². The molecule has 0 bridgehead atoms. The summed E-state index contributed by atoms with van der Waals surface area (Å²) in [6.07, 6.45) is 0. The molecule has 2 aromatic rings. The van der Waals surface area contributed by atoms with E-state index in [1.807, 2.05) is 61.5 Å². The topological polar surface area (TPSA) is 41.6 Å². The molecule has 0 aliphatic rings. The normalized spacial score (nSPS) is 10.0. The molecule has 0 aromatic heterocycles. The fourth-order valence-electron chi connectivity index (χ4n) is 2.07. The van der Waals surface area contributed by atoms with Crippen LogP contribution in [-0.4, -0.2) is 19.7 Å². The van der Waals surface area contributed by atoms with Crippen molar-refractivity contribution in [3.8, 4) is 5.75 Å². The Morgan fingerprint density at radius 1 is 1.10 bits per heavy atom. The molecule has 0 saturated heterocycles. The molecule has 0 atom stereocenters. The minimum absolute atomic E-state index is 0.105. The van der Waals surface area contributed by atoms with Crippen LogP contribution in [0.1, 0.15) is 12.5 Å². The number of hydrogen-bond acceptors (Lipinski definition) is 2. The van der Waals surface area contributed by atoms with Gasteiger partial charge in [0.05, 0.1) is 7.11 Å². The lowest BCUT2D eigenvalue weighted by Crippen LogP contribution is -2.39. The molecule has 1 N–H and O–H groups in total. The summed E-state index contributed by atoms with van der Waals surface area (Å²) < 4.78 is 5.13. The van der Waals surface area contributed by atoms with Crippen LogP contribution >= 0.6 is 0 Å². The summed E-state index contributed by atoms with van der Waals surface area (Å²) in [6, 6.07) is 17.2. The zero-order chi connectivity index (χ0) is 15.1. The molecule has 4 nitrogen and oxygen atoms in total. The van der Waals surface area contributed by atoms with E-state index in [2.05, 4.69) is 5.32 Å². The second-order valence-electron chi connectivity index (χ2n) is 4.59. The van der Waals surface area contributed by atoms with Crippen molar-refractivity contribution in [2.45, 2.75) is 13.5 Å². The van der Waals surface area contributed by atoms with Gasteiger partial charge in [0.25, 0.3) is 0 Å². The van der Waals surface area contributed by atoms with Gasteiger partial charge in [0.2, 0.25) is 0 Å². The third-order valence-electron chi connectivity index (χ3n) is 3.23. The first kappa shape index (κ1) is 14.9. The SMILES string of the molecule is CCN(C(=O)NCc1ccccc1)c1ccc(OC)cc1. The summed E-state index contributed by atoms with van der Waals surface area (Å²) in [4.78, 5) is 14.0. The number of amides is 2. The maximum Gasteiger partial charge on any atom is 0.322 e. The maximum absolute atomic E-state index is 12.3. The summed E-state index contributed by atoms with van der Waals surface area (Å²) in [7, 11) is 1.62. The molecule has 2 aromatic carbocycles. The number of carbonyl (C=O) groups excluding carboxylic acids is 1. The number of nitrogens with zero attached hydrogens (tertiary/aromatic N) is 1. The fraction of sp³-hybridized carbons (Fsp3) is 0.235. The molecule has 110 valence electrons. The van der Waals surface area contributed by atoms with Crippen LogP contribution in [0.2, 0.25) is 0 Å². The summed E-state index contributed by atoms with van der Waals surface area (Å²) in [5.74, 6) is 0.777. The lowest BCUT2D eigenvalue weighted by atomic mass is 10.2. The molecular formula is C17H20N2O2. The van der Waals surface area contributed by atoms with Gasteiger partial charge in [-0.1, -0.05) is 30.3 Å². The van der Waals surface area contributed by atoms with Crippen LogP contribution in [0.15, 0.2) is 54.6 Å². The minimum Gasteiger partial charge on any atom is -0.497 e. The number of rotatable bonds is 5. The van der Waals surface area contributed by atoms with Crippen molar-refractivity contribution in [2.24, 2.45) is 0 Å². The van der Waals surface area contributed by atoms with Gasteiger partial charge in [0, 0.05) is 18.8 Å². The predicted molar refractivity (Wildman–Crippen MR) is 84.7 cm³/mol. The summed E-state index contributed by atoms with van der Waals surface area (Å²) >= 11 is 0. The molecule has 0 heterocycles. The Hall–Kier alpha value is -2.49. The molecule has 2 rings (SSSR count). The Balaban J connectivity index is 2.00. The predicted octanol–water partition coefficient (Wildman–Crippen LogP) is 3.43. The van der Waals surface area contributed by atoms with Crippen molar-refractivity contribution < 1.29 is 9.53 Å². The first-order chi connectivity index (χ1) is 10.2. The Bertz CT molecular complexity index is 567. The molecule has 0 radical (unpaired) electrons. The number of methoxy groups -OCH3 is 1. The average molecular weight is 284 g/mol. The number of urea groups is 1. The first-order valence-corrected chi connectivity index (χ1v) is 6.98. The molecular weight excluding hydrogens is 264 g/mol. The van der Waals surface area contributed by atoms with Gasteiger partial charge in [0.1, 0.15) is 5.75 Å². The zero-order valence-corrected chi connectivity index (χ0v) is 12.4. The maximum atomic E-state index is 12.3. The minimum atomic E-state index is -0.105. The van der Waals surface area contributed by atoms with Gasteiger partial charge >= 0.3 is 6.03 Å². The molecule has 0 saturated carbocycles. The largest absolute Gasteiger partial charge is 0.497 e. The summed E-state index contributed by atoms with van der Waals surface area (Å²) in [6.45, 7) is 3.08. The average Bonchev–Trinajstić information content (AvgIpc) is 2.55. The monoisotopic (exact) mass is 284 g/mol. The van der Waals surface area contributed by atoms with Crippen molar-refractivity contribution in [3.05, 3.63) is 60.2 Å². The number of hydrogen-bond donors (Lipinski definition) is 1. The van der Waals surface area contributed by atoms with E-state index in [1.54, 1.807) is 12.0 Å². The molecule has 0 spiro atoms. The fourth-order valence-corrected chi connectivity index (χ4v) is 2.07. The van der Waals surface area contributed by atoms with Crippen molar-refractivity contribution >= 4 is 11.7 Å². The zero-order valence-electron chi connectivity index (χ0n) is 12.4. The summed E-state index contributed by atoms with van der Waals surface area (Å²) in [5.41, 5.74) is 1.93. The number of benzene rings is 2. The van der Waals surface area contributed by atoms with Gasteiger partial charge < -0.3 is 10.1 Å². The molecule has 2 amide bonds.